The van der Waals surface area contributed by atoms with E-state index in [1.165, 1.54) is 6.07 Å². The fourth-order valence-corrected chi connectivity index (χ4v) is 3.24. The van der Waals surface area contributed by atoms with Gasteiger partial charge < -0.3 is 10.3 Å². The first-order chi connectivity index (χ1) is 12.2. The third-order valence-electron chi connectivity index (χ3n) is 4.39. The standard InChI is InChI=1S/C21H18FN3/c1-14-20(15-8-2-4-10-17(15)24-14)21(19-12-6-7-13-23-19)25-18-11-5-3-9-16(18)22/h2-13,21,24-25H,1H3. The van der Waals surface area contributed by atoms with Crippen LogP contribution in [0.25, 0.3) is 10.9 Å². The Morgan fingerprint density at radius 1 is 0.960 bits per heavy atom. The van der Waals surface area contributed by atoms with Gasteiger partial charge in [0.2, 0.25) is 0 Å². The van der Waals surface area contributed by atoms with E-state index in [1.54, 1.807) is 18.3 Å². The SMILES string of the molecule is Cc1[nH]c2ccccc2c1C(Nc1ccccc1F)c1ccccn1. The van der Waals surface area contributed by atoms with Crippen molar-refractivity contribution < 1.29 is 4.39 Å². The predicted molar refractivity (Wildman–Crippen MR) is 99.1 cm³/mol. The number of aromatic amines is 1. The van der Waals surface area contributed by atoms with Gasteiger partial charge in [-0.1, -0.05) is 36.4 Å². The van der Waals surface area contributed by atoms with Gasteiger partial charge in [-0.25, -0.2) is 4.39 Å². The van der Waals surface area contributed by atoms with Crippen LogP contribution in [0.4, 0.5) is 10.1 Å². The monoisotopic (exact) mass is 331 g/mol. The van der Waals surface area contributed by atoms with Crippen molar-refractivity contribution in [1.82, 2.24) is 9.97 Å². The lowest BCUT2D eigenvalue weighted by molar-refractivity contribution is 0.628. The summed E-state index contributed by atoms with van der Waals surface area (Å²) < 4.78 is 14.2. The molecule has 1 atom stereocenters. The summed E-state index contributed by atoms with van der Waals surface area (Å²) in [7, 11) is 0. The topological polar surface area (TPSA) is 40.7 Å². The first kappa shape index (κ1) is 15.4. The van der Waals surface area contributed by atoms with E-state index in [1.807, 2.05) is 49.4 Å². The molecule has 4 aromatic rings. The second-order valence-corrected chi connectivity index (χ2v) is 6.02. The van der Waals surface area contributed by atoms with Gasteiger partial charge in [-0.3, -0.25) is 4.98 Å². The van der Waals surface area contributed by atoms with Gasteiger partial charge in [0.25, 0.3) is 0 Å². The zero-order valence-corrected chi connectivity index (χ0v) is 13.8. The Labute approximate surface area is 145 Å². The van der Waals surface area contributed by atoms with E-state index in [2.05, 4.69) is 21.4 Å². The molecule has 0 spiro atoms. The van der Waals surface area contributed by atoms with Crippen LogP contribution >= 0.6 is 0 Å². The molecule has 0 saturated heterocycles. The van der Waals surface area contributed by atoms with Crippen molar-refractivity contribution in [2.75, 3.05) is 5.32 Å². The average Bonchev–Trinajstić information content (AvgIpc) is 2.97. The Balaban J connectivity index is 1.88. The van der Waals surface area contributed by atoms with Gasteiger partial charge in [0.15, 0.2) is 0 Å². The maximum Gasteiger partial charge on any atom is 0.146 e. The van der Waals surface area contributed by atoms with E-state index in [0.717, 1.165) is 27.9 Å². The van der Waals surface area contributed by atoms with Crippen LogP contribution in [0.2, 0.25) is 0 Å². The first-order valence-electron chi connectivity index (χ1n) is 8.23. The summed E-state index contributed by atoms with van der Waals surface area (Å²) in [5.74, 6) is -0.277. The van der Waals surface area contributed by atoms with E-state index in [4.69, 9.17) is 0 Å². The van der Waals surface area contributed by atoms with Gasteiger partial charge >= 0.3 is 0 Å². The minimum absolute atomic E-state index is 0.255. The number of pyridine rings is 1. The molecule has 0 aliphatic carbocycles. The van der Waals surface area contributed by atoms with Crippen LogP contribution in [0.3, 0.4) is 0 Å². The maximum atomic E-state index is 14.2. The van der Waals surface area contributed by atoms with Gasteiger partial charge in [-0.15, -0.1) is 0 Å². The largest absolute Gasteiger partial charge is 0.370 e. The second kappa shape index (κ2) is 6.40. The molecule has 0 amide bonds. The number of anilines is 1. The van der Waals surface area contributed by atoms with E-state index in [0.29, 0.717) is 5.69 Å². The number of benzene rings is 2. The smallest absolute Gasteiger partial charge is 0.146 e. The van der Waals surface area contributed by atoms with Crippen LogP contribution < -0.4 is 5.32 Å². The predicted octanol–water partition coefficient (Wildman–Crippen LogP) is 5.21. The molecule has 0 aliphatic heterocycles. The van der Waals surface area contributed by atoms with E-state index < -0.39 is 0 Å². The fourth-order valence-electron chi connectivity index (χ4n) is 3.24. The van der Waals surface area contributed by atoms with Gasteiger partial charge in [-0.05, 0) is 37.3 Å². The molecular weight excluding hydrogens is 313 g/mol. The molecule has 124 valence electrons. The van der Waals surface area contributed by atoms with Crippen LogP contribution in [0.1, 0.15) is 23.0 Å². The maximum absolute atomic E-state index is 14.2. The third-order valence-corrected chi connectivity index (χ3v) is 4.39. The normalized spacial score (nSPS) is 12.2. The van der Waals surface area contributed by atoms with Crippen molar-refractivity contribution in [3.05, 3.63) is 95.7 Å². The molecule has 2 heterocycles. The van der Waals surface area contributed by atoms with Crippen molar-refractivity contribution in [2.24, 2.45) is 0 Å². The molecule has 2 aromatic heterocycles. The number of para-hydroxylation sites is 2. The number of halogens is 1. The molecule has 25 heavy (non-hydrogen) atoms. The van der Waals surface area contributed by atoms with Gasteiger partial charge in [-0.2, -0.15) is 0 Å². The van der Waals surface area contributed by atoms with Crippen molar-refractivity contribution in [3.63, 3.8) is 0 Å². The molecule has 0 fully saturated rings. The highest BCUT2D eigenvalue weighted by molar-refractivity contribution is 5.86. The number of H-pyrrole nitrogens is 1. The molecule has 1 unspecified atom stereocenters. The summed E-state index contributed by atoms with van der Waals surface area (Å²) in [5, 5.41) is 4.45. The molecule has 0 saturated carbocycles. The van der Waals surface area contributed by atoms with E-state index >= 15 is 0 Å². The first-order valence-corrected chi connectivity index (χ1v) is 8.23. The average molecular weight is 331 g/mol. The molecule has 0 radical (unpaired) electrons. The van der Waals surface area contributed by atoms with E-state index in [9.17, 15) is 4.39 Å². The van der Waals surface area contributed by atoms with Crippen molar-refractivity contribution in [2.45, 2.75) is 13.0 Å². The number of nitrogens with zero attached hydrogens (tertiary/aromatic N) is 1. The summed E-state index contributed by atoms with van der Waals surface area (Å²) in [6, 6.07) is 20.4. The van der Waals surface area contributed by atoms with Crippen molar-refractivity contribution in [1.29, 1.82) is 0 Å². The molecule has 2 N–H and O–H groups in total. The second-order valence-electron chi connectivity index (χ2n) is 6.02. The quantitative estimate of drug-likeness (QED) is 0.539. The lowest BCUT2D eigenvalue weighted by Gasteiger charge is -2.21. The van der Waals surface area contributed by atoms with Crippen molar-refractivity contribution in [3.8, 4) is 0 Å². The molecule has 2 aromatic carbocycles. The van der Waals surface area contributed by atoms with Crippen LogP contribution in [0, 0.1) is 12.7 Å². The number of hydrogen-bond acceptors (Lipinski definition) is 2. The number of rotatable bonds is 4. The highest BCUT2D eigenvalue weighted by Crippen LogP contribution is 2.34. The molecule has 4 rings (SSSR count). The lowest BCUT2D eigenvalue weighted by Crippen LogP contribution is -2.15. The Kier molecular flexibility index (Phi) is 3.94. The fraction of sp³-hybridized carbons (Fsp3) is 0.0952. The van der Waals surface area contributed by atoms with Gasteiger partial charge in [0.1, 0.15) is 5.82 Å². The summed E-state index contributed by atoms with van der Waals surface area (Å²) in [6.45, 7) is 2.04. The summed E-state index contributed by atoms with van der Waals surface area (Å²) in [4.78, 5) is 7.93. The van der Waals surface area contributed by atoms with Gasteiger partial charge in [0.05, 0.1) is 17.4 Å². The van der Waals surface area contributed by atoms with Crippen LogP contribution in [-0.2, 0) is 0 Å². The lowest BCUT2D eigenvalue weighted by atomic mass is 9.99. The Bertz CT molecular complexity index is 1010. The van der Waals surface area contributed by atoms with Crippen molar-refractivity contribution >= 4 is 16.6 Å². The highest BCUT2D eigenvalue weighted by atomic mass is 19.1. The Hall–Kier alpha value is -3.14. The minimum Gasteiger partial charge on any atom is -0.370 e. The molecule has 0 bridgehead atoms. The molecule has 4 heteroatoms. The Morgan fingerprint density at radius 3 is 2.52 bits per heavy atom. The number of aryl methyl sites for hydroxylation is 1. The summed E-state index contributed by atoms with van der Waals surface area (Å²) >= 11 is 0. The van der Waals surface area contributed by atoms with Crippen LogP contribution in [0.15, 0.2) is 72.9 Å². The zero-order valence-electron chi connectivity index (χ0n) is 13.8. The molecular formula is C21H18FN3. The summed E-state index contributed by atoms with van der Waals surface area (Å²) in [5.41, 5.74) is 4.49. The summed E-state index contributed by atoms with van der Waals surface area (Å²) in [6.07, 6.45) is 1.76. The van der Waals surface area contributed by atoms with Crippen LogP contribution in [-0.4, -0.2) is 9.97 Å². The minimum atomic E-state index is -0.277. The van der Waals surface area contributed by atoms with E-state index in [-0.39, 0.29) is 11.9 Å². The molecule has 3 nitrogen and oxygen atoms in total. The molecule has 0 aliphatic rings. The number of nitrogens with one attached hydrogen (secondary N) is 2. The van der Waals surface area contributed by atoms with Gasteiger partial charge in [0, 0.05) is 28.4 Å². The number of fused-ring (bicyclic) bond motifs is 1. The third kappa shape index (κ3) is 2.87. The highest BCUT2D eigenvalue weighted by Gasteiger charge is 2.22. The van der Waals surface area contributed by atoms with Crippen LogP contribution in [0.5, 0.6) is 0 Å². The number of hydrogen-bond donors (Lipinski definition) is 2. The Morgan fingerprint density at radius 2 is 1.72 bits per heavy atom. The number of aromatic nitrogens is 2. The zero-order chi connectivity index (χ0) is 17.2.